The molecule has 5 rings (SSSR count). The van der Waals surface area contributed by atoms with Gasteiger partial charge in [0.05, 0.1) is 23.9 Å². The van der Waals surface area contributed by atoms with Gasteiger partial charge in [-0.05, 0) is 50.1 Å². The molecule has 7 heteroatoms. The molecule has 3 fully saturated rings. The summed E-state index contributed by atoms with van der Waals surface area (Å²) < 4.78 is 21.6. The minimum Gasteiger partial charge on any atom is -0.370 e. The lowest BCUT2D eigenvalue weighted by Crippen LogP contribution is -2.41. The van der Waals surface area contributed by atoms with Crippen LogP contribution in [0.1, 0.15) is 28.9 Å². The number of nitrogens with zero attached hydrogens (tertiary/aromatic N) is 3. The quantitative estimate of drug-likeness (QED) is 0.811. The van der Waals surface area contributed by atoms with Gasteiger partial charge in [-0.25, -0.2) is 4.39 Å². The number of ether oxygens (including phenoxy) is 1. The highest BCUT2D eigenvalue weighted by Crippen LogP contribution is 2.54. The van der Waals surface area contributed by atoms with Crippen LogP contribution in [0.3, 0.4) is 0 Å². The number of benzene rings is 1. The number of rotatable bonds is 6. The smallest absolute Gasteiger partial charge is 0.251 e. The third kappa shape index (κ3) is 3.46. The molecule has 1 aromatic heterocycles. The van der Waals surface area contributed by atoms with Crippen molar-refractivity contribution in [3.05, 3.63) is 53.6 Å². The Balaban J connectivity index is 1.20. The molecule has 1 N–H and O–H groups in total. The van der Waals surface area contributed by atoms with Crippen LogP contribution in [0, 0.1) is 24.6 Å². The van der Waals surface area contributed by atoms with Gasteiger partial charge in [0.2, 0.25) is 0 Å². The second-order valence-corrected chi connectivity index (χ2v) is 8.70. The monoisotopic (exact) mass is 398 g/mol. The lowest BCUT2D eigenvalue weighted by atomic mass is 9.73. The highest BCUT2D eigenvalue weighted by Gasteiger charge is 2.62. The minimum atomic E-state index is -0.332. The summed E-state index contributed by atoms with van der Waals surface area (Å²) in [4.78, 5) is 14.9. The predicted octanol–water partition coefficient (Wildman–Crippen LogP) is 2.24. The summed E-state index contributed by atoms with van der Waals surface area (Å²) in [5.41, 5.74) is 1.49. The molecule has 1 aromatic carbocycles. The van der Waals surface area contributed by atoms with E-state index in [1.807, 2.05) is 23.9 Å². The Morgan fingerprint density at radius 1 is 1.31 bits per heavy atom. The van der Waals surface area contributed by atoms with Crippen LogP contribution in [-0.2, 0) is 11.3 Å². The van der Waals surface area contributed by atoms with Crippen LogP contribution in [0.15, 0.2) is 36.5 Å². The Morgan fingerprint density at radius 2 is 2.14 bits per heavy atom. The maximum Gasteiger partial charge on any atom is 0.251 e. The number of carbonyl (C=O) groups excluding carboxylic acids is 1. The van der Waals surface area contributed by atoms with Gasteiger partial charge in [0.25, 0.3) is 5.91 Å². The summed E-state index contributed by atoms with van der Waals surface area (Å²) in [7, 11) is 0. The van der Waals surface area contributed by atoms with Gasteiger partial charge in [-0.1, -0.05) is 0 Å². The van der Waals surface area contributed by atoms with Crippen molar-refractivity contribution in [1.29, 1.82) is 0 Å². The Labute approximate surface area is 170 Å². The normalized spacial score (nSPS) is 30.6. The van der Waals surface area contributed by atoms with Gasteiger partial charge in [-0.3, -0.25) is 14.4 Å². The van der Waals surface area contributed by atoms with Crippen molar-refractivity contribution in [1.82, 2.24) is 20.0 Å². The van der Waals surface area contributed by atoms with Crippen LogP contribution in [0.4, 0.5) is 4.39 Å². The molecular formula is C22H27FN4O2. The van der Waals surface area contributed by atoms with Crippen LogP contribution >= 0.6 is 0 Å². The van der Waals surface area contributed by atoms with E-state index in [9.17, 15) is 9.18 Å². The van der Waals surface area contributed by atoms with E-state index >= 15 is 0 Å². The molecular weight excluding hydrogens is 371 g/mol. The minimum absolute atomic E-state index is 0.0457. The van der Waals surface area contributed by atoms with E-state index in [0.29, 0.717) is 23.9 Å². The van der Waals surface area contributed by atoms with Crippen molar-refractivity contribution >= 4 is 5.91 Å². The molecule has 3 aliphatic heterocycles. The largest absolute Gasteiger partial charge is 0.370 e. The highest BCUT2D eigenvalue weighted by molar-refractivity contribution is 5.94. The molecule has 2 bridgehead atoms. The van der Waals surface area contributed by atoms with Crippen molar-refractivity contribution in [2.75, 3.05) is 26.2 Å². The third-order valence-corrected chi connectivity index (χ3v) is 6.88. The summed E-state index contributed by atoms with van der Waals surface area (Å²) >= 11 is 0. The van der Waals surface area contributed by atoms with Gasteiger partial charge in [-0.2, -0.15) is 5.10 Å². The number of aryl methyl sites for hydroxylation is 1. The molecule has 3 aliphatic rings. The first-order valence-electron chi connectivity index (χ1n) is 10.5. The molecule has 0 radical (unpaired) electrons. The zero-order valence-electron chi connectivity index (χ0n) is 16.7. The maximum absolute atomic E-state index is 13.1. The molecule has 1 spiro atoms. The number of nitrogens with one attached hydrogen (secondary N) is 1. The molecule has 0 unspecified atom stereocenters. The molecule has 0 saturated carbocycles. The number of amides is 1. The van der Waals surface area contributed by atoms with Gasteiger partial charge in [-0.15, -0.1) is 0 Å². The molecule has 154 valence electrons. The summed E-state index contributed by atoms with van der Waals surface area (Å²) in [6, 6.07) is 7.72. The molecule has 29 heavy (non-hydrogen) atoms. The lowest BCUT2D eigenvalue weighted by molar-refractivity contribution is 0.00247. The van der Waals surface area contributed by atoms with Crippen LogP contribution < -0.4 is 5.32 Å². The van der Waals surface area contributed by atoms with E-state index in [1.54, 1.807) is 0 Å². The first-order chi connectivity index (χ1) is 14.0. The second-order valence-electron chi connectivity index (χ2n) is 8.70. The topological polar surface area (TPSA) is 59.4 Å². The first kappa shape index (κ1) is 18.8. The average molecular weight is 398 g/mol. The van der Waals surface area contributed by atoms with E-state index in [1.165, 1.54) is 24.3 Å². The van der Waals surface area contributed by atoms with Gasteiger partial charge >= 0.3 is 0 Å². The molecule has 4 atom stereocenters. The Bertz CT molecular complexity index is 898. The number of halogens is 1. The van der Waals surface area contributed by atoms with Crippen LogP contribution in [-0.4, -0.2) is 58.5 Å². The van der Waals surface area contributed by atoms with E-state index in [0.717, 1.165) is 44.7 Å². The second kappa shape index (κ2) is 7.22. The maximum atomic E-state index is 13.1. The van der Waals surface area contributed by atoms with Crippen molar-refractivity contribution in [3.8, 4) is 0 Å². The number of likely N-dealkylation sites (tertiary alicyclic amines) is 1. The van der Waals surface area contributed by atoms with Gasteiger partial charge < -0.3 is 10.1 Å². The number of fused-ring (bicyclic) bond motifs is 1. The van der Waals surface area contributed by atoms with Crippen LogP contribution in [0.5, 0.6) is 0 Å². The fourth-order valence-corrected chi connectivity index (χ4v) is 5.48. The van der Waals surface area contributed by atoms with Crippen molar-refractivity contribution in [3.63, 3.8) is 0 Å². The average Bonchev–Trinajstić information content (AvgIpc) is 3.45. The standard InChI is InChI=1S/C22H27FN4O2/c1-15-7-9-27(25-15)11-10-26-13-19-18(20-6-8-22(19,14-26)29-20)12-24-21(28)16-2-4-17(23)5-3-16/h2-5,7,9,18-20H,6,8,10-14H2,1H3,(H,24,28)/t18-,19+,20+,22+/m0/s1. The van der Waals surface area contributed by atoms with Gasteiger partial charge in [0, 0.05) is 49.8 Å². The Morgan fingerprint density at radius 3 is 2.90 bits per heavy atom. The number of hydrogen-bond acceptors (Lipinski definition) is 4. The highest BCUT2D eigenvalue weighted by atomic mass is 19.1. The predicted molar refractivity (Wildman–Crippen MR) is 106 cm³/mol. The summed E-state index contributed by atoms with van der Waals surface area (Å²) in [5, 5.41) is 7.53. The molecule has 2 aromatic rings. The fraction of sp³-hybridized carbons (Fsp3) is 0.545. The zero-order chi connectivity index (χ0) is 20.0. The summed E-state index contributed by atoms with van der Waals surface area (Å²) in [5.74, 6) is 0.311. The van der Waals surface area contributed by atoms with Crippen LogP contribution in [0.25, 0.3) is 0 Å². The number of carbonyl (C=O) groups is 1. The summed E-state index contributed by atoms with van der Waals surface area (Å²) in [6.07, 6.45) is 4.45. The molecule has 6 nitrogen and oxygen atoms in total. The van der Waals surface area contributed by atoms with Crippen molar-refractivity contribution in [2.24, 2.45) is 11.8 Å². The Hall–Kier alpha value is -2.25. The molecule has 1 amide bonds. The number of aromatic nitrogens is 2. The molecule has 0 aliphatic carbocycles. The van der Waals surface area contributed by atoms with Gasteiger partial charge in [0.15, 0.2) is 0 Å². The lowest BCUT2D eigenvalue weighted by Gasteiger charge is -2.29. The molecule has 3 saturated heterocycles. The van der Waals surface area contributed by atoms with E-state index < -0.39 is 0 Å². The Kier molecular flexibility index (Phi) is 4.67. The zero-order valence-corrected chi connectivity index (χ0v) is 16.7. The first-order valence-corrected chi connectivity index (χ1v) is 10.5. The van der Waals surface area contributed by atoms with E-state index in [2.05, 4.69) is 15.3 Å². The fourth-order valence-electron chi connectivity index (χ4n) is 5.48. The number of hydrogen-bond donors (Lipinski definition) is 1. The van der Waals surface area contributed by atoms with Gasteiger partial charge in [0.1, 0.15) is 5.82 Å². The van der Waals surface area contributed by atoms with Crippen LogP contribution in [0.2, 0.25) is 0 Å². The third-order valence-electron chi connectivity index (χ3n) is 6.88. The van der Waals surface area contributed by atoms with Crippen molar-refractivity contribution in [2.45, 2.75) is 38.0 Å². The SMILES string of the molecule is Cc1ccn(CCN2C[C@@H]3[C@H](CNC(=O)c4ccc(F)cc4)[C@H]4CC[C@]3(C2)O4)n1. The van der Waals surface area contributed by atoms with Crippen molar-refractivity contribution < 1.29 is 13.9 Å². The van der Waals surface area contributed by atoms with E-state index in [4.69, 9.17) is 4.74 Å². The van der Waals surface area contributed by atoms with E-state index in [-0.39, 0.29) is 23.4 Å². The molecule has 4 heterocycles. The summed E-state index contributed by atoms with van der Waals surface area (Å²) in [6.45, 7) is 6.44.